The molecular weight excluding hydrogens is 442 g/mol. The van der Waals surface area contributed by atoms with Crippen LogP contribution in [0, 0.1) is 18.3 Å². The maximum Gasteiger partial charge on any atom is 0.228 e. The molecule has 1 amide bonds. The predicted molar refractivity (Wildman–Crippen MR) is 125 cm³/mol. The molecule has 0 unspecified atom stereocenters. The number of hydrogen-bond donors (Lipinski definition) is 1. The number of halogens is 1. The van der Waals surface area contributed by atoms with Gasteiger partial charge in [-0.1, -0.05) is 23.7 Å². The number of pyridine rings is 1. The molecule has 0 atom stereocenters. The van der Waals surface area contributed by atoms with E-state index in [0.717, 1.165) is 10.9 Å². The fourth-order valence-electron chi connectivity index (χ4n) is 3.36. The van der Waals surface area contributed by atoms with Gasteiger partial charge >= 0.3 is 0 Å². The first-order valence-electron chi connectivity index (χ1n) is 10.1. The van der Waals surface area contributed by atoms with E-state index in [1.807, 2.05) is 31.2 Å². The van der Waals surface area contributed by atoms with Crippen molar-refractivity contribution in [2.75, 3.05) is 19.0 Å². The van der Waals surface area contributed by atoms with Gasteiger partial charge in [-0.05, 0) is 48.9 Å². The number of benzene rings is 2. The van der Waals surface area contributed by atoms with Crippen molar-refractivity contribution in [2.45, 2.75) is 13.3 Å². The summed E-state index contributed by atoms with van der Waals surface area (Å²) in [5, 5.41) is 18.1. The lowest BCUT2D eigenvalue weighted by Gasteiger charge is -2.13. The van der Waals surface area contributed by atoms with Crippen LogP contribution in [0.3, 0.4) is 0 Å². The van der Waals surface area contributed by atoms with Crippen LogP contribution in [0.1, 0.15) is 17.5 Å². The summed E-state index contributed by atoms with van der Waals surface area (Å²) in [5.74, 6) is 1.61. The SMILES string of the molecule is COc1cccc2c(C)cc(-n3ncc(C#N)c3NC(=O)CCOc3ccc(Cl)cc3)nc12. The van der Waals surface area contributed by atoms with Gasteiger partial charge in [-0.3, -0.25) is 4.79 Å². The lowest BCUT2D eigenvalue weighted by molar-refractivity contribution is -0.116. The summed E-state index contributed by atoms with van der Waals surface area (Å²) < 4.78 is 12.5. The number of rotatable bonds is 7. The number of nitrogens with zero attached hydrogens (tertiary/aromatic N) is 4. The molecule has 0 bridgehead atoms. The van der Waals surface area contributed by atoms with Crippen LogP contribution < -0.4 is 14.8 Å². The van der Waals surface area contributed by atoms with E-state index in [-0.39, 0.29) is 30.3 Å². The molecule has 0 saturated carbocycles. The van der Waals surface area contributed by atoms with Crippen LogP contribution in [-0.4, -0.2) is 34.4 Å². The second-order valence-electron chi connectivity index (χ2n) is 7.18. The molecule has 0 spiro atoms. The van der Waals surface area contributed by atoms with Crippen molar-refractivity contribution in [3.8, 4) is 23.4 Å². The average molecular weight is 462 g/mol. The lowest BCUT2D eigenvalue weighted by Crippen LogP contribution is -2.18. The van der Waals surface area contributed by atoms with Gasteiger partial charge in [0.15, 0.2) is 11.6 Å². The highest BCUT2D eigenvalue weighted by Crippen LogP contribution is 2.29. The summed E-state index contributed by atoms with van der Waals surface area (Å²) in [6, 6.07) is 16.5. The van der Waals surface area contributed by atoms with E-state index in [1.54, 1.807) is 31.4 Å². The molecule has 1 N–H and O–H groups in total. The maximum atomic E-state index is 12.6. The molecule has 2 heterocycles. The minimum atomic E-state index is -0.322. The van der Waals surface area contributed by atoms with E-state index >= 15 is 0 Å². The molecule has 4 aromatic rings. The van der Waals surface area contributed by atoms with Crippen LogP contribution >= 0.6 is 11.6 Å². The molecule has 9 heteroatoms. The highest BCUT2D eigenvalue weighted by Gasteiger charge is 2.18. The van der Waals surface area contributed by atoms with Gasteiger partial charge in [-0.15, -0.1) is 0 Å². The molecule has 8 nitrogen and oxygen atoms in total. The molecule has 2 aromatic carbocycles. The van der Waals surface area contributed by atoms with Crippen molar-refractivity contribution >= 4 is 34.2 Å². The smallest absolute Gasteiger partial charge is 0.228 e. The van der Waals surface area contributed by atoms with Crippen LogP contribution in [-0.2, 0) is 4.79 Å². The minimum Gasteiger partial charge on any atom is -0.494 e. The van der Waals surface area contributed by atoms with Crippen molar-refractivity contribution in [2.24, 2.45) is 0 Å². The Hall–Kier alpha value is -4.09. The van der Waals surface area contributed by atoms with E-state index in [4.69, 9.17) is 21.1 Å². The number of methoxy groups -OCH3 is 1. The third kappa shape index (κ3) is 4.73. The van der Waals surface area contributed by atoms with E-state index in [2.05, 4.69) is 21.5 Å². The summed E-state index contributed by atoms with van der Waals surface area (Å²) >= 11 is 5.86. The topological polar surface area (TPSA) is 102 Å². The Kier molecular flexibility index (Phi) is 6.43. The molecule has 2 aromatic heterocycles. The fraction of sp³-hybridized carbons (Fsp3) is 0.167. The Balaban J connectivity index is 1.57. The Morgan fingerprint density at radius 2 is 2.03 bits per heavy atom. The molecular formula is C24H20ClN5O3. The number of para-hydroxylation sites is 1. The Morgan fingerprint density at radius 1 is 1.24 bits per heavy atom. The highest BCUT2D eigenvalue weighted by molar-refractivity contribution is 6.30. The van der Waals surface area contributed by atoms with Gasteiger partial charge in [0.1, 0.15) is 28.6 Å². The third-order valence-electron chi connectivity index (χ3n) is 4.99. The monoisotopic (exact) mass is 461 g/mol. The van der Waals surface area contributed by atoms with Crippen LogP contribution in [0.2, 0.25) is 5.02 Å². The molecule has 0 fully saturated rings. The first-order valence-corrected chi connectivity index (χ1v) is 10.5. The van der Waals surface area contributed by atoms with Gasteiger partial charge in [0, 0.05) is 10.4 Å². The number of anilines is 1. The average Bonchev–Trinajstić information content (AvgIpc) is 3.22. The van der Waals surface area contributed by atoms with Crippen molar-refractivity contribution in [3.63, 3.8) is 0 Å². The van der Waals surface area contributed by atoms with Crippen molar-refractivity contribution in [1.82, 2.24) is 14.8 Å². The van der Waals surface area contributed by atoms with Gasteiger partial charge < -0.3 is 14.8 Å². The molecule has 0 saturated heterocycles. The second-order valence-corrected chi connectivity index (χ2v) is 7.62. The number of hydrogen-bond acceptors (Lipinski definition) is 6. The Morgan fingerprint density at radius 3 is 2.76 bits per heavy atom. The first-order chi connectivity index (χ1) is 16.0. The van der Waals surface area contributed by atoms with Gasteiger partial charge in [0.2, 0.25) is 5.91 Å². The number of amides is 1. The number of carbonyl (C=O) groups is 1. The fourth-order valence-corrected chi connectivity index (χ4v) is 3.48. The van der Waals surface area contributed by atoms with Gasteiger partial charge in [0.05, 0.1) is 26.3 Å². The summed E-state index contributed by atoms with van der Waals surface area (Å²) in [5.41, 5.74) is 1.84. The minimum absolute atomic E-state index is 0.0800. The number of aryl methyl sites for hydroxylation is 1. The van der Waals surface area contributed by atoms with Gasteiger partial charge in [-0.2, -0.15) is 15.0 Å². The number of aromatic nitrogens is 3. The van der Waals surface area contributed by atoms with E-state index < -0.39 is 0 Å². The number of ether oxygens (including phenoxy) is 2. The molecule has 0 aliphatic rings. The molecule has 4 rings (SSSR count). The van der Waals surface area contributed by atoms with Crippen molar-refractivity contribution < 1.29 is 14.3 Å². The van der Waals surface area contributed by atoms with Gasteiger partial charge in [0.25, 0.3) is 0 Å². The molecule has 0 aliphatic carbocycles. The summed E-state index contributed by atoms with van der Waals surface area (Å²) in [6.07, 6.45) is 1.47. The van der Waals surface area contributed by atoms with Crippen molar-refractivity contribution in [1.29, 1.82) is 5.26 Å². The zero-order valence-electron chi connectivity index (χ0n) is 18.0. The normalized spacial score (nSPS) is 10.6. The molecule has 0 radical (unpaired) electrons. The van der Waals surface area contributed by atoms with Crippen LogP contribution in [0.25, 0.3) is 16.7 Å². The predicted octanol–water partition coefficient (Wildman–Crippen LogP) is 4.67. The summed E-state index contributed by atoms with van der Waals surface area (Å²) in [7, 11) is 1.58. The van der Waals surface area contributed by atoms with E-state index in [9.17, 15) is 10.1 Å². The molecule has 0 aliphatic heterocycles. The number of fused-ring (bicyclic) bond motifs is 1. The first kappa shape index (κ1) is 22.1. The Bertz CT molecular complexity index is 1360. The third-order valence-corrected chi connectivity index (χ3v) is 5.24. The lowest BCUT2D eigenvalue weighted by atomic mass is 10.1. The van der Waals surface area contributed by atoms with Crippen LogP contribution in [0.4, 0.5) is 5.82 Å². The number of nitrogens with one attached hydrogen (secondary N) is 1. The summed E-state index contributed by atoms with van der Waals surface area (Å²) in [6.45, 7) is 2.11. The quantitative estimate of drug-likeness (QED) is 0.429. The number of nitriles is 1. The van der Waals surface area contributed by atoms with Crippen molar-refractivity contribution in [3.05, 3.63) is 70.9 Å². The Labute approximate surface area is 195 Å². The number of carbonyl (C=O) groups excluding carboxylic acids is 1. The largest absolute Gasteiger partial charge is 0.494 e. The van der Waals surface area contributed by atoms with E-state index in [0.29, 0.717) is 27.9 Å². The zero-order valence-corrected chi connectivity index (χ0v) is 18.8. The van der Waals surface area contributed by atoms with Gasteiger partial charge in [-0.25, -0.2) is 4.98 Å². The molecule has 33 heavy (non-hydrogen) atoms. The van der Waals surface area contributed by atoms with Crippen LogP contribution in [0.5, 0.6) is 11.5 Å². The maximum absolute atomic E-state index is 12.6. The summed E-state index contributed by atoms with van der Waals surface area (Å²) in [4.78, 5) is 17.3. The zero-order chi connectivity index (χ0) is 23.4. The van der Waals surface area contributed by atoms with E-state index in [1.165, 1.54) is 10.9 Å². The standard InChI is InChI=1S/C24H20ClN5O3/c1-15-12-21(28-23-19(15)4-3-5-20(23)32-2)30-24(16(13-26)14-27-30)29-22(31)10-11-33-18-8-6-17(25)7-9-18/h3-9,12,14H,10-11H2,1-2H3,(H,29,31). The molecule has 166 valence electrons. The highest BCUT2D eigenvalue weighted by atomic mass is 35.5. The van der Waals surface area contributed by atoms with Crippen LogP contribution in [0.15, 0.2) is 54.7 Å². The second kappa shape index (κ2) is 9.59.